The van der Waals surface area contributed by atoms with Gasteiger partial charge in [0.1, 0.15) is 0 Å². The number of carbonyl (C=O) groups excluding carboxylic acids is 1. The predicted molar refractivity (Wildman–Crippen MR) is 65.3 cm³/mol. The summed E-state index contributed by atoms with van der Waals surface area (Å²) in [5, 5.41) is 0. The third-order valence-electron chi connectivity index (χ3n) is 3.15. The molecule has 0 aromatic heterocycles. The zero-order valence-corrected chi connectivity index (χ0v) is 12.5. The minimum absolute atomic E-state index is 0. The van der Waals surface area contributed by atoms with Gasteiger partial charge in [-0.15, -0.1) is 0 Å². The molecule has 0 unspecified atom stereocenters. The van der Waals surface area contributed by atoms with Crippen molar-refractivity contribution < 1.29 is 33.3 Å². The molecule has 1 aliphatic rings. The molecule has 0 fully saturated rings. The van der Waals surface area contributed by atoms with Crippen molar-refractivity contribution >= 4 is 5.78 Å². The topological polar surface area (TPSA) is 17.1 Å². The average molecular weight is 343 g/mol. The van der Waals surface area contributed by atoms with Gasteiger partial charge in [0.25, 0.3) is 0 Å². The van der Waals surface area contributed by atoms with E-state index in [1.165, 1.54) is 0 Å². The Morgan fingerprint density at radius 3 is 2.35 bits per heavy atom. The number of quaternary nitrogens is 1. The Hall–Kier alpha value is -0.680. The van der Waals surface area contributed by atoms with Crippen molar-refractivity contribution in [1.29, 1.82) is 0 Å². The Labute approximate surface area is 120 Å². The normalized spacial score (nSPS) is 17.9. The number of benzene rings is 1. The fourth-order valence-corrected chi connectivity index (χ4v) is 1.95. The Morgan fingerprint density at radius 2 is 1.82 bits per heavy atom. The van der Waals surface area contributed by atoms with Crippen molar-refractivity contribution in [3.8, 4) is 0 Å². The second kappa shape index (κ2) is 5.78. The first kappa shape index (κ1) is 14.4. The Kier molecular flexibility index (Phi) is 4.89. The Bertz CT molecular complexity index is 423. The van der Waals surface area contributed by atoms with E-state index < -0.39 is 0 Å². The van der Waals surface area contributed by atoms with Gasteiger partial charge in [-0.3, -0.25) is 4.79 Å². The summed E-state index contributed by atoms with van der Waals surface area (Å²) in [4.78, 5) is 12.1. The van der Waals surface area contributed by atoms with Crippen LogP contribution in [0, 0.1) is 0 Å². The predicted octanol–water partition coefficient (Wildman–Crippen LogP) is -0.720. The van der Waals surface area contributed by atoms with E-state index >= 15 is 0 Å². The molecule has 0 aliphatic carbocycles. The highest BCUT2D eigenvalue weighted by Gasteiger charge is 2.23. The van der Waals surface area contributed by atoms with E-state index in [9.17, 15) is 4.79 Å². The van der Waals surface area contributed by atoms with Crippen LogP contribution in [0.5, 0.6) is 0 Å². The first-order chi connectivity index (χ1) is 7.58. The van der Waals surface area contributed by atoms with Crippen LogP contribution in [0.3, 0.4) is 0 Å². The molecule has 0 amide bonds. The molecular formula is C14H18INO. The number of Topliss-reactive ketones (excluding diaryl/α,β-unsaturated/α-hetero) is 1. The number of likely N-dealkylation sites (N-methyl/N-ethyl adjacent to an activating group) is 1. The van der Waals surface area contributed by atoms with Gasteiger partial charge in [0.2, 0.25) is 0 Å². The number of rotatable bonds is 2. The molecule has 1 aromatic carbocycles. The van der Waals surface area contributed by atoms with Gasteiger partial charge < -0.3 is 28.5 Å². The molecule has 0 saturated heterocycles. The Balaban J connectivity index is 0.00000144. The first-order valence-electron chi connectivity index (χ1n) is 5.69. The largest absolute Gasteiger partial charge is 1.00 e. The summed E-state index contributed by atoms with van der Waals surface area (Å²) >= 11 is 0. The van der Waals surface area contributed by atoms with Gasteiger partial charge >= 0.3 is 0 Å². The maximum absolute atomic E-state index is 12.1. The maximum atomic E-state index is 12.1. The molecule has 1 heterocycles. The second-order valence-electron chi connectivity index (χ2n) is 5.02. The van der Waals surface area contributed by atoms with Gasteiger partial charge in [-0.1, -0.05) is 30.3 Å². The monoisotopic (exact) mass is 343 g/mol. The standard InChI is InChI=1S/C14H18NO.HI/c1-15(2)10-8-13(9-11-15)14(16)12-6-4-3-5-7-12;/h3-8H,9-11H2,1-2H3;1H/q+1;/p-1. The van der Waals surface area contributed by atoms with Gasteiger partial charge in [-0.05, 0) is 6.08 Å². The van der Waals surface area contributed by atoms with Crippen molar-refractivity contribution in [1.82, 2.24) is 0 Å². The molecule has 2 rings (SSSR count). The van der Waals surface area contributed by atoms with Crippen LogP contribution in [0.15, 0.2) is 42.0 Å². The van der Waals surface area contributed by atoms with Crippen LogP contribution in [-0.2, 0) is 0 Å². The van der Waals surface area contributed by atoms with Crippen LogP contribution in [0.1, 0.15) is 16.8 Å². The van der Waals surface area contributed by atoms with E-state index in [2.05, 4.69) is 20.2 Å². The molecule has 1 aliphatic heterocycles. The second-order valence-corrected chi connectivity index (χ2v) is 5.02. The van der Waals surface area contributed by atoms with Gasteiger partial charge in [-0.25, -0.2) is 0 Å². The molecule has 17 heavy (non-hydrogen) atoms. The van der Waals surface area contributed by atoms with Crippen LogP contribution in [0.2, 0.25) is 0 Å². The average Bonchev–Trinajstić information content (AvgIpc) is 2.29. The lowest BCUT2D eigenvalue weighted by Gasteiger charge is -2.32. The molecule has 1 aromatic rings. The van der Waals surface area contributed by atoms with Crippen LogP contribution in [0.25, 0.3) is 0 Å². The summed E-state index contributed by atoms with van der Waals surface area (Å²) in [6.45, 7) is 2.00. The van der Waals surface area contributed by atoms with Crippen LogP contribution < -0.4 is 24.0 Å². The molecule has 0 spiro atoms. The highest BCUT2D eigenvalue weighted by molar-refractivity contribution is 6.08. The van der Waals surface area contributed by atoms with E-state index in [1.807, 2.05) is 30.3 Å². The van der Waals surface area contributed by atoms with Crippen molar-refractivity contribution in [3.05, 3.63) is 47.5 Å². The number of nitrogens with zero attached hydrogens (tertiary/aromatic N) is 1. The van der Waals surface area contributed by atoms with E-state index in [0.717, 1.165) is 35.1 Å². The minimum Gasteiger partial charge on any atom is -1.00 e. The maximum Gasteiger partial charge on any atom is 0.189 e. The lowest BCUT2D eigenvalue weighted by Crippen LogP contribution is -3.00. The van der Waals surface area contributed by atoms with E-state index in [-0.39, 0.29) is 29.8 Å². The number of hydrogen-bond donors (Lipinski definition) is 0. The molecule has 0 atom stereocenters. The zero-order chi connectivity index (χ0) is 11.6. The zero-order valence-electron chi connectivity index (χ0n) is 10.3. The van der Waals surface area contributed by atoms with Crippen molar-refractivity contribution in [2.24, 2.45) is 0 Å². The highest BCUT2D eigenvalue weighted by atomic mass is 127. The van der Waals surface area contributed by atoms with Crippen molar-refractivity contribution in [2.75, 3.05) is 27.2 Å². The van der Waals surface area contributed by atoms with Crippen molar-refractivity contribution in [3.63, 3.8) is 0 Å². The number of ketones is 1. The van der Waals surface area contributed by atoms with Crippen molar-refractivity contribution in [2.45, 2.75) is 6.42 Å². The van der Waals surface area contributed by atoms with Gasteiger partial charge in [0.15, 0.2) is 5.78 Å². The molecule has 0 radical (unpaired) electrons. The van der Waals surface area contributed by atoms with Crippen LogP contribution >= 0.6 is 0 Å². The third-order valence-corrected chi connectivity index (χ3v) is 3.15. The summed E-state index contributed by atoms with van der Waals surface area (Å²) < 4.78 is 0.978. The highest BCUT2D eigenvalue weighted by Crippen LogP contribution is 2.18. The molecule has 2 nitrogen and oxygen atoms in total. The number of hydrogen-bond acceptors (Lipinski definition) is 1. The van der Waals surface area contributed by atoms with Gasteiger partial charge in [0.05, 0.1) is 27.2 Å². The fraction of sp³-hybridized carbons (Fsp3) is 0.357. The summed E-state index contributed by atoms with van der Waals surface area (Å²) in [6.07, 6.45) is 2.99. The van der Waals surface area contributed by atoms with E-state index in [4.69, 9.17) is 0 Å². The lowest BCUT2D eigenvalue weighted by atomic mass is 9.97. The summed E-state index contributed by atoms with van der Waals surface area (Å²) in [5.74, 6) is 0.195. The SMILES string of the molecule is C[N+]1(C)CC=C(C(=O)c2ccccc2)CC1.[I-]. The van der Waals surface area contributed by atoms with E-state index in [0.29, 0.717) is 0 Å². The number of halogens is 1. The molecule has 0 saturated carbocycles. The lowest BCUT2D eigenvalue weighted by molar-refractivity contribution is -0.885. The number of carbonyl (C=O) groups is 1. The molecular weight excluding hydrogens is 325 g/mol. The van der Waals surface area contributed by atoms with E-state index in [1.54, 1.807) is 0 Å². The van der Waals surface area contributed by atoms with Crippen LogP contribution in [0.4, 0.5) is 0 Å². The molecule has 92 valence electrons. The first-order valence-corrected chi connectivity index (χ1v) is 5.69. The minimum atomic E-state index is 0. The summed E-state index contributed by atoms with van der Waals surface area (Å²) in [7, 11) is 4.39. The molecule has 3 heteroatoms. The smallest absolute Gasteiger partial charge is 0.189 e. The quantitative estimate of drug-likeness (QED) is 0.394. The molecule has 0 bridgehead atoms. The third kappa shape index (κ3) is 3.64. The Morgan fingerprint density at radius 1 is 1.18 bits per heavy atom. The van der Waals surface area contributed by atoms with Gasteiger partial charge in [0, 0.05) is 17.6 Å². The summed E-state index contributed by atoms with van der Waals surface area (Å²) in [6, 6.07) is 9.54. The fourth-order valence-electron chi connectivity index (χ4n) is 1.95. The summed E-state index contributed by atoms with van der Waals surface area (Å²) in [5.41, 5.74) is 1.78. The molecule has 0 N–H and O–H groups in total. The van der Waals surface area contributed by atoms with Gasteiger partial charge in [-0.2, -0.15) is 0 Å². The van der Waals surface area contributed by atoms with Crippen LogP contribution in [-0.4, -0.2) is 37.5 Å².